The lowest BCUT2D eigenvalue weighted by Crippen LogP contribution is -2.25. The number of rotatable bonds is 5. The molecule has 0 saturated heterocycles. The van der Waals surface area contributed by atoms with E-state index in [2.05, 4.69) is 10.3 Å². The summed E-state index contributed by atoms with van der Waals surface area (Å²) in [6, 6.07) is 0. The van der Waals surface area contributed by atoms with Gasteiger partial charge in [-0.25, -0.2) is 0 Å². The molecule has 0 aliphatic rings. The smallest absolute Gasteiger partial charge is 0.245 e. The first-order chi connectivity index (χ1) is 5.16. The van der Waals surface area contributed by atoms with Crippen LogP contribution in [0.1, 0.15) is 6.92 Å². The lowest BCUT2D eigenvalue weighted by atomic mass is 10.4. The van der Waals surface area contributed by atoms with Gasteiger partial charge in [0.1, 0.15) is 6.61 Å². The molecule has 0 saturated carbocycles. The molecule has 0 bridgehead atoms. The van der Waals surface area contributed by atoms with Gasteiger partial charge in [0.2, 0.25) is 5.91 Å². The molecule has 11 heavy (non-hydrogen) atoms. The first kappa shape index (κ1) is 10.4. The highest BCUT2D eigenvalue weighted by atomic mass is 35.5. The van der Waals surface area contributed by atoms with Crippen molar-refractivity contribution in [2.45, 2.75) is 6.92 Å². The largest absolute Gasteiger partial charge is 0.368 e. The summed E-state index contributed by atoms with van der Waals surface area (Å²) in [5, 5.41) is 0. The zero-order valence-corrected chi connectivity index (χ0v) is 7.02. The van der Waals surface area contributed by atoms with Crippen molar-refractivity contribution in [3.05, 3.63) is 11.1 Å². The minimum Gasteiger partial charge on any atom is -0.368 e. The monoisotopic (exact) mass is 178 g/mol. The fraction of sp³-hybridized carbons (Fsp3) is 0.500. The molecule has 4 nitrogen and oxygen atoms in total. The molecule has 0 spiro atoms. The van der Waals surface area contributed by atoms with Gasteiger partial charge in [-0.3, -0.25) is 9.63 Å². The average molecular weight is 179 g/mol. The van der Waals surface area contributed by atoms with E-state index < -0.39 is 5.91 Å². The Morgan fingerprint density at radius 1 is 1.82 bits per heavy atom. The number of hydrogen-bond donors (Lipinski definition) is 2. The Morgan fingerprint density at radius 3 is 2.91 bits per heavy atom. The van der Waals surface area contributed by atoms with Crippen molar-refractivity contribution in [1.82, 2.24) is 5.48 Å². The van der Waals surface area contributed by atoms with Crippen LogP contribution in [0.5, 0.6) is 0 Å². The van der Waals surface area contributed by atoms with Crippen LogP contribution in [0.4, 0.5) is 0 Å². The second-order valence-electron chi connectivity index (χ2n) is 2.03. The molecule has 0 fully saturated rings. The molecule has 0 aliphatic carbocycles. The fourth-order valence-corrected chi connectivity index (χ4v) is 0.403. The van der Waals surface area contributed by atoms with Crippen LogP contribution in [0, 0.1) is 0 Å². The summed E-state index contributed by atoms with van der Waals surface area (Å²) in [5.74, 6) is -0.509. The Labute approximate surface area is 70.3 Å². The molecule has 3 N–H and O–H groups in total. The molecule has 64 valence electrons. The second kappa shape index (κ2) is 6.15. The molecule has 1 amide bonds. The third-order valence-corrected chi connectivity index (χ3v) is 1.23. The number of nitrogens with one attached hydrogen (secondary N) is 1. The molecule has 0 unspecified atom stereocenters. The van der Waals surface area contributed by atoms with E-state index in [-0.39, 0.29) is 6.61 Å². The maximum Gasteiger partial charge on any atom is 0.245 e. The Balaban J connectivity index is 3.21. The van der Waals surface area contributed by atoms with Crippen LogP contribution in [0.15, 0.2) is 11.1 Å². The number of halogens is 1. The molecule has 0 aromatic carbocycles. The zero-order valence-electron chi connectivity index (χ0n) is 6.26. The van der Waals surface area contributed by atoms with E-state index in [0.29, 0.717) is 6.54 Å². The highest BCUT2D eigenvalue weighted by molar-refractivity contribution is 6.25. The summed E-state index contributed by atoms with van der Waals surface area (Å²) in [4.78, 5) is 14.8. The van der Waals surface area contributed by atoms with Gasteiger partial charge in [0.25, 0.3) is 0 Å². The molecule has 5 heteroatoms. The normalized spacial score (nSPS) is 11.6. The van der Waals surface area contributed by atoms with Gasteiger partial charge in [-0.05, 0) is 12.5 Å². The summed E-state index contributed by atoms with van der Waals surface area (Å²) < 4.78 is 0. The third kappa shape index (κ3) is 7.32. The topological polar surface area (TPSA) is 64.3 Å². The molecule has 0 radical (unpaired) electrons. The van der Waals surface area contributed by atoms with Crippen LogP contribution < -0.4 is 11.2 Å². The number of hydrogen-bond acceptors (Lipinski definition) is 3. The standard InChI is InChI=1S/C6H11ClN2O2/c1-5(2-7)3-9-11-4-6(8)10/h2,9H,3-4H2,1H3,(H2,8,10). The number of nitrogens with two attached hydrogens (primary N) is 1. The van der Waals surface area contributed by atoms with Gasteiger partial charge >= 0.3 is 0 Å². The lowest BCUT2D eigenvalue weighted by molar-refractivity contribution is -0.125. The van der Waals surface area contributed by atoms with Crippen molar-refractivity contribution in [2.24, 2.45) is 5.73 Å². The van der Waals surface area contributed by atoms with Crippen LogP contribution in [0.2, 0.25) is 0 Å². The first-order valence-corrected chi connectivity index (χ1v) is 3.49. The van der Waals surface area contributed by atoms with E-state index in [9.17, 15) is 4.79 Å². The Morgan fingerprint density at radius 2 is 2.45 bits per heavy atom. The second-order valence-corrected chi connectivity index (χ2v) is 2.25. The highest BCUT2D eigenvalue weighted by Crippen LogP contribution is 1.91. The highest BCUT2D eigenvalue weighted by Gasteiger charge is 1.92. The predicted octanol–water partition coefficient (Wildman–Crippen LogP) is 0.136. The van der Waals surface area contributed by atoms with E-state index in [1.165, 1.54) is 5.54 Å². The molecule has 0 aromatic rings. The SMILES string of the molecule is CC(=CCl)CNOCC(N)=O. The quantitative estimate of drug-likeness (QED) is 0.465. The molecular formula is C6H11ClN2O2. The summed E-state index contributed by atoms with van der Waals surface area (Å²) in [6.07, 6.45) is 0. The maximum atomic E-state index is 10.1. The van der Waals surface area contributed by atoms with E-state index in [4.69, 9.17) is 17.3 Å². The first-order valence-electron chi connectivity index (χ1n) is 3.05. The van der Waals surface area contributed by atoms with Crippen LogP contribution in [-0.4, -0.2) is 19.1 Å². The van der Waals surface area contributed by atoms with E-state index in [0.717, 1.165) is 5.57 Å². The molecule has 0 aromatic heterocycles. The summed E-state index contributed by atoms with van der Waals surface area (Å²) in [6.45, 7) is 2.18. The summed E-state index contributed by atoms with van der Waals surface area (Å²) >= 11 is 5.34. The van der Waals surface area contributed by atoms with Crippen LogP contribution in [0.25, 0.3) is 0 Å². The molecule has 0 aliphatic heterocycles. The molecule has 0 rings (SSSR count). The van der Waals surface area contributed by atoms with Crippen LogP contribution in [0.3, 0.4) is 0 Å². The third-order valence-electron chi connectivity index (χ3n) is 0.854. The Bertz CT molecular complexity index is 159. The number of hydroxylamine groups is 1. The van der Waals surface area contributed by atoms with Crippen molar-refractivity contribution < 1.29 is 9.63 Å². The number of primary amides is 1. The van der Waals surface area contributed by atoms with Gasteiger partial charge in [-0.1, -0.05) is 11.6 Å². The summed E-state index contributed by atoms with van der Waals surface area (Å²) in [7, 11) is 0. The van der Waals surface area contributed by atoms with Crippen molar-refractivity contribution >= 4 is 17.5 Å². The predicted molar refractivity (Wildman–Crippen MR) is 42.8 cm³/mol. The minimum atomic E-state index is -0.509. The van der Waals surface area contributed by atoms with Gasteiger partial charge in [0.05, 0.1) is 0 Å². The number of amides is 1. The van der Waals surface area contributed by atoms with Gasteiger partial charge in [0, 0.05) is 12.1 Å². The van der Waals surface area contributed by atoms with Crippen LogP contribution in [-0.2, 0) is 9.63 Å². The van der Waals surface area contributed by atoms with E-state index in [1.54, 1.807) is 0 Å². The van der Waals surface area contributed by atoms with Gasteiger partial charge < -0.3 is 5.73 Å². The maximum absolute atomic E-state index is 10.1. The Kier molecular flexibility index (Phi) is 5.83. The van der Waals surface area contributed by atoms with E-state index in [1.807, 2.05) is 6.92 Å². The van der Waals surface area contributed by atoms with Gasteiger partial charge in [-0.2, -0.15) is 5.48 Å². The Hall–Kier alpha value is -0.580. The number of carbonyl (C=O) groups is 1. The van der Waals surface area contributed by atoms with E-state index >= 15 is 0 Å². The fourth-order valence-electron chi connectivity index (χ4n) is 0.326. The van der Waals surface area contributed by atoms with Crippen molar-refractivity contribution in [3.63, 3.8) is 0 Å². The zero-order chi connectivity index (χ0) is 8.69. The average Bonchev–Trinajstić information content (AvgIpc) is 1.97. The molecular weight excluding hydrogens is 168 g/mol. The molecule has 0 atom stereocenters. The summed E-state index contributed by atoms with van der Waals surface area (Å²) in [5.41, 5.74) is 9.66. The molecule has 0 heterocycles. The van der Waals surface area contributed by atoms with Crippen molar-refractivity contribution in [2.75, 3.05) is 13.2 Å². The van der Waals surface area contributed by atoms with Crippen molar-refractivity contribution in [3.8, 4) is 0 Å². The number of carbonyl (C=O) groups excluding carboxylic acids is 1. The van der Waals surface area contributed by atoms with Crippen LogP contribution >= 0.6 is 11.6 Å². The van der Waals surface area contributed by atoms with Crippen molar-refractivity contribution in [1.29, 1.82) is 0 Å². The lowest BCUT2D eigenvalue weighted by Gasteiger charge is -2.02. The van der Waals surface area contributed by atoms with Gasteiger partial charge in [0.15, 0.2) is 0 Å². The minimum absolute atomic E-state index is 0.129. The van der Waals surface area contributed by atoms with Gasteiger partial charge in [-0.15, -0.1) is 0 Å².